The molecular weight excluding hydrogens is 1070 g/mol. The number of nitrogens with two attached hydrogens (primary N) is 3. The van der Waals surface area contributed by atoms with Crippen molar-refractivity contribution in [1.29, 1.82) is 0 Å². The smallest absolute Gasteiger partial charge is 0.246 e. The number of aromatic nitrogens is 3. The number of unbranched alkanes of at least 4 members (excludes halogenated alkanes) is 3. The van der Waals surface area contributed by atoms with Gasteiger partial charge in [0.25, 0.3) is 0 Å². The fourth-order valence-electron chi connectivity index (χ4n) is 10.9. The summed E-state index contributed by atoms with van der Waals surface area (Å²) in [4.78, 5) is 92.0. The van der Waals surface area contributed by atoms with Gasteiger partial charge in [-0.25, -0.2) is 0 Å². The Bertz CT molecular complexity index is 3320. The highest BCUT2D eigenvalue weighted by molar-refractivity contribution is 6.00. The molecule has 3 heterocycles. The van der Waals surface area contributed by atoms with Crippen molar-refractivity contribution in [2.45, 2.75) is 101 Å². The summed E-state index contributed by atoms with van der Waals surface area (Å²) in [5.74, 6) is -2.26. The summed E-state index contributed by atoms with van der Waals surface area (Å²) in [7, 11) is 0. The Labute approximate surface area is 494 Å². The van der Waals surface area contributed by atoms with Crippen LogP contribution in [0.15, 0.2) is 164 Å². The molecule has 0 saturated heterocycles. The average molecular weight is 1150 g/mol. The van der Waals surface area contributed by atoms with Crippen molar-refractivity contribution in [3.63, 3.8) is 0 Å². The summed E-state index contributed by atoms with van der Waals surface area (Å²) in [5, 5.41) is 20.9. The van der Waals surface area contributed by atoms with E-state index in [1.807, 2.05) is 164 Å². The SMILES string of the molecule is NCCCC[C@H](NC(=O)Cc1c[nH]c2ccccc12)C(=O)Nc1ccc(C(c2ccc(NC(=O)[C@H](CCCCN)NC(=O)Cc3c[nH]c4ccccc34)cc2)c2ccc(NC(=O)[C@H](CCCCN)NC(=O)Cc3c[nH]c4ccccc34)cc2)cc1. The number of benzene rings is 6. The molecule has 18 nitrogen and oxygen atoms in total. The Morgan fingerprint density at radius 3 is 0.894 bits per heavy atom. The van der Waals surface area contributed by atoms with Crippen LogP contribution < -0.4 is 49.1 Å². The number of nitrogens with one attached hydrogen (secondary N) is 9. The second kappa shape index (κ2) is 29.8. The van der Waals surface area contributed by atoms with Crippen molar-refractivity contribution in [3.8, 4) is 0 Å². The van der Waals surface area contributed by atoms with Crippen molar-refractivity contribution in [2.24, 2.45) is 17.2 Å². The summed E-state index contributed by atoms with van der Waals surface area (Å²) in [6.45, 7) is 1.38. The largest absolute Gasteiger partial charge is 0.361 e. The molecular formula is C67H76N12O6. The molecule has 0 aliphatic heterocycles. The lowest BCUT2D eigenvalue weighted by molar-refractivity contribution is -0.126. The lowest BCUT2D eigenvalue weighted by Gasteiger charge is -2.22. The second-order valence-corrected chi connectivity index (χ2v) is 21.6. The molecule has 0 aliphatic carbocycles. The maximum Gasteiger partial charge on any atom is 0.246 e. The van der Waals surface area contributed by atoms with Crippen LogP contribution in [0.4, 0.5) is 17.1 Å². The van der Waals surface area contributed by atoms with Gasteiger partial charge in [-0.3, -0.25) is 28.8 Å². The summed E-state index contributed by atoms with van der Waals surface area (Å²) < 4.78 is 0. The number of hydrogen-bond donors (Lipinski definition) is 12. The number of carbonyl (C=O) groups excluding carboxylic acids is 6. The van der Waals surface area contributed by atoms with E-state index in [1.54, 1.807) is 0 Å². The maximum atomic E-state index is 14.0. The molecule has 0 spiro atoms. The molecule has 18 heteroatoms. The molecule has 3 aromatic heterocycles. The zero-order chi connectivity index (χ0) is 59.5. The van der Waals surface area contributed by atoms with Crippen LogP contribution in [0.1, 0.15) is 97.1 Å². The normalized spacial score (nSPS) is 12.4. The van der Waals surface area contributed by atoms with Gasteiger partial charge < -0.3 is 64.1 Å². The van der Waals surface area contributed by atoms with Crippen molar-refractivity contribution in [2.75, 3.05) is 35.6 Å². The maximum absolute atomic E-state index is 14.0. The minimum Gasteiger partial charge on any atom is -0.361 e. The molecule has 0 bridgehead atoms. The van der Waals surface area contributed by atoms with Crippen LogP contribution in [0.5, 0.6) is 0 Å². The zero-order valence-corrected chi connectivity index (χ0v) is 47.7. The second-order valence-electron chi connectivity index (χ2n) is 21.6. The van der Waals surface area contributed by atoms with Gasteiger partial charge in [-0.15, -0.1) is 0 Å². The number of carbonyl (C=O) groups is 6. The summed E-state index contributed by atoms with van der Waals surface area (Å²) in [6, 6.07) is 43.4. The lowest BCUT2D eigenvalue weighted by atomic mass is 9.85. The highest BCUT2D eigenvalue weighted by Crippen LogP contribution is 2.34. The van der Waals surface area contributed by atoms with E-state index in [1.165, 1.54) is 0 Å². The Balaban J connectivity index is 0.925. The highest BCUT2D eigenvalue weighted by Gasteiger charge is 2.26. The van der Waals surface area contributed by atoms with Gasteiger partial charge in [-0.05, 0) is 165 Å². The first kappa shape index (κ1) is 60.2. The van der Waals surface area contributed by atoms with Gasteiger partial charge in [0, 0.05) is 74.3 Å². The Morgan fingerprint density at radius 1 is 0.353 bits per heavy atom. The van der Waals surface area contributed by atoms with Gasteiger partial charge in [0.2, 0.25) is 35.4 Å². The average Bonchev–Trinajstić information content (AvgIpc) is 4.40. The van der Waals surface area contributed by atoms with E-state index in [9.17, 15) is 28.8 Å². The number of aromatic amines is 3. The molecule has 6 aromatic carbocycles. The minimum atomic E-state index is -0.805. The first-order valence-corrected chi connectivity index (χ1v) is 29.3. The Morgan fingerprint density at radius 2 is 0.624 bits per heavy atom. The summed E-state index contributed by atoms with van der Waals surface area (Å²) in [6.07, 6.45) is 11.0. The van der Waals surface area contributed by atoms with Crippen LogP contribution in [0.3, 0.4) is 0 Å². The number of anilines is 3. The molecule has 0 radical (unpaired) electrons. The molecule has 0 unspecified atom stereocenters. The van der Waals surface area contributed by atoms with Crippen molar-refractivity contribution < 1.29 is 28.8 Å². The fourth-order valence-corrected chi connectivity index (χ4v) is 10.9. The van der Waals surface area contributed by atoms with E-state index in [4.69, 9.17) is 17.2 Å². The van der Waals surface area contributed by atoms with Crippen LogP contribution in [0.2, 0.25) is 0 Å². The van der Waals surface area contributed by atoms with Gasteiger partial charge in [0.1, 0.15) is 18.1 Å². The van der Waals surface area contributed by atoms with Gasteiger partial charge in [0.15, 0.2) is 0 Å². The monoisotopic (exact) mass is 1140 g/mol. The zero-order valence-electron chi connectivity index (χ0n) is 47.7. The molecule has 9 rings (SSSR count). The molecule has 0 saturated carbocycles. The van der Waals surface area contributed by atoms with Crippen molar-refractivity contribution in [3.05, 3.63) is 198 Å². The molecule has 6 amide bonds. The Kier molecular flexibility index (Phi) is 21.1. The number of H-pyrrole nitrogens is 3. The number of amides is 6. The van der Waals surface area contributed by atoms with Crippen LogP contribution in [-0.4, -0.2) is 88.2 Å². The lowest BCUT2D eigenvalue weighted by Crippen LogP contribution is -2.44. The Hall–Kier alpha value is -9.36. The van der Waals surface area contributed by atoms with Crippen LogP contribution >= 0.6 is 0 Å². The predicted octanol–water partition coefficient (Wildman–Crippen LogP) is 8.70. The van der Waals surface area contributed by atoms with Gasteiger partial charge >= 0.3 is 0 Å². The fraction of sp³-hybridized carbons (Fsp3) is 0.284. The van der Waals surface area contributed by atoms with Crippen LogP contribution in [-0.2, 0) is 48.0 Å². The minimum absolute atomic E-state index is 0.101. The van der Waals surface area contributed by atoms with E-state index in [-0.39, 0.29) is 60.6 Å². The van der Waals surface area contributed by atoms with E-state index in [0.29, 0.717) is 94.5 Å². The van der Waals surface area contributed by atoms with Crippen molar-refractivity contribution in [1.82, 2.24) is 30.9 Å². The van der Waals surface area contributed by atoms with E-state index in [2.05, 4.69) is 46.9 Å². The third-order valence-corrected chi connectivity index (χ3v) is 15.4. The van der Waals surface area contributed by atoms with Gasteiger partial charge in [-0.1, -0.05) is 91.0 Å². The van der Waals surface area contributed by atoms with Crippen LogP contribution in [0.25, 0.3) is 32.7 Å². The number of fused-ring (bicyclic) bond motifs is 3. The molecule has 3 atom stereocenters. The third kappa shape index (κ3) is 16.3. The summed E-state index contributed by atoms with van der Waals surface area (Å²) in [5.41, 5.74) is 26.9. The highest BCUT2D eigenvalue weighted by atomic mass is 16.2. The molecule has 0 aliphatic rings. The molecule has 9 aromatic rings. The van der Waals surface area contributed by atoms with E-state index < -0.39 is 18.1 Å². The topological polar surface area (TPSA) is 300 Å². The molecule has 15 N–H and O–H groups in total. The van der Waals surface area contributed by atoms with Gasteiger partial charge in [-0.2, -0.15) is 0 Å². The van der Waals surface area contributed by atoms with Crippen molar-refractivity contribution >= 4 is 85.2 Å². The summed E-state index contributed by atoms with van der Waals surface area (Å²) >= 11 is 0. The third-order valence-electron chi connectivity index (χ3n) is 15.4. The molecule has 0 fully saturated rings. The first-order valence-electron chi connectivity index (χ1n) is 29.3. The van der Waals surface area contributed by atoms with E-state index in [0.717, 1.165) is 66.1 Å². The number of rotatable bonds is 30. The first-order chi connectivity index (χ1) is 41.5. The van der Waals surface area contributed by atoms with E-state index >= 15 is 0 Å². The van der Waals surface area contributed by atoms with Gasteiger partial charge in [0.05, 0.1) is 19.3 Å². The number of para-hydroxylation sites is 3. The molecule has 85 heavy (non-hydrogen) atoms. The predicted molar refractivity (Wildman–Crippen MR) is 337 cm³/mol. The quantitative estimate of drug-likeness (QED) is 0.0151. The standard InChI is InChI=1S/C67H76N12O6/c68-34-10-7-19-58(77-61(80)37-46-40-71-55-16-4-1-13-52(46)55)65(83)74-49-28-22-43(23-29-49)64(44-24-30-50(31-25-44)75-66(84)59(20-8-11-35-69)78-62(81)38-47-41-72-56-17-5-2-14-53(47)56)45-26-32-51(33-27-45)76-67(85)60(21-9-12-36-70)79-63(82)39-48-42-73-57-18-6-3-15-54(48)57/h1-6,13-18,22-33,40-42,58-60,64,71-73H,7-12,19-21,34-39,68-70H2,(H,74,83)(H,75,84)(H,76,85)(H,77,80)(H,78,81)(H,79,82)/t58-,59-,60-/m0/s1. The molecule has 440 valence electrons. The van der Waals surface area contributed by atoms with Crippen LogP contribution in [0, 0.1) is 0 Å². The number of hydrogen-bond acceptors (Lipinski definition) is 9.